The molecule has 2 aromatic heterocycles. The van der Waals surface area contributed by atoms with Crippen molar-refractivity contribution in [1.82, 2.24) is 0 Å². The Morgan fingerprint density at radius 3 is 1.34 bits per heavy atom. The van der Waals surface area contributed by atoms with Crippen molar-refractivity contribution in [2.45, 2.75) is 52.6 Å². The SMILES string of the molecule is CCCC[N+](CCCC)(Cc1ccc(-c2ccc(Cl)cc2)o1)Cc1ccc(-c2ccc(Cl)cc2)o1. The normalized spacial score (nSPS) is 11.8. The molecule has 0 aliphatic heterocycles. The Labute approximate surface area is 218 Å². The van der Waals surface area contributed by atoms with E-state index in [0.717, 1.165) is 87.7 Å². The zero-order valence-corrected chi connectivity index (χ0v) is 22.1. The second-order valence-corrected chi connectivity index (χ2v) is 10.2. The molecule has 2 aromatic carbocycles. The number of quaternary nitrogens is 1. The predicted octanol–water partition coefficient (Wildman–Crippen LogP) is 9.63. The minimum Gasteiger partial charge on any atom is -0.455 e. The molecule has 0 atom stereocenters. The van der Waals surface area contributed by atoms with Crippen LogP contribution in [0, 0.1) is 0 Å². The van der Waals surface area contributed by atoms with Gasteiger partial charge in [0.05, 0.1) is 13.1 Å². The van der Waals surface area contributed by atoms with Crippen LogP contribution in [0.4, 0.5) is 0 Å². The quantitative estimate of drug-likeness (QED) is 0.177. The van der Waals surface area contributed by atoms with E-state index in [1.165, 1.54) is 12.8 Å². The van der Waals surface area contributed by atoms with E-state index in [1.807, 2.05) is 48.5 Å². The van der Waals surface area contributed by atoms with E-state index in [1.54, 1.807) is 0 Å². The molecule has 0 fully saturated rings. The van der Waals surface area contributed by atoms with Gasteiger partial charge >= 0.3 is 0 Å². The van der Waals surface area contributed by atoms with Crippen molar-refractivity contribution >= 4 is 23.2 Å². The highest BCUT2D eigenvalue weighted by atomic mass is 35.5. The van der Waals surface area contributed by atoms with E-state index in [-0.39, 0.29) is 0 Å². The Kier molecular flexibility index (Phi) is 8.78. The van der Waals surface area contributed by atoms with Crippen LogP contribution in [-0.4, -0.2) is 17.6 Å². The van der Waals surface area contributed by atoms with Gasteiger partial charge in [0.1, 0.15) is 24.6 Å². The van der Waals surface area contributed by atoms with Crippen LogP contribution < -0.4 is 0 Å². The van der Waals surface area contributed by atoms with E-state index in [0.29, 0.717) is 0 Å². The smallest absolute Gasteiger partial charge is 0.159 e. The maximum absolute atomic E-state index is 6.35. The van der Waals surface area contributed by atoms with Crippen molar-refractivity contribution in [3.8, 4) is 22.6 Å². The topological polar surface area (TPSA) is 26.3 Å². The average Bonchev–Trinajstić information content (AvgIpc) is 3.52. The van der Waals surface area contributed by atoms with Crippen LogP contribution in [-0.2, 0) is 13.1 Å². The molecule has 0 aliphatic rings. The van der Waals surface area contributed by atoms with Gasteiger partial charge in [0.15, 0.2) is 11.5 Å². The van der Waals surface area contributed by atoms with Gasteiger partial charge in [0.25, 0.3) is 0 Å². The van der Waals surface area contributed by atoms with Crippen LogP contribution in [0.15, 0.2) is 81.6 Å². The number of rotatable bonds is 12. The number of hydrogen-bond donors (Lipinski definition) is 0. The molecule has 0 aliphatic carbocycles. The van der Waals surface area contributed by atoms with Crippen LogP contribution in [0.1, 0.15) is 51.1 Å². The van der Waals surface area contributed by atoms with E-state index < -0.39 is 0 Å². The highest BCUT2D eigenvalue weighted by Gasteiger charge is 2.30. The summed E-state index contributed by atoms with van der Waals surface area (Å²) in [5.74, 6) is 3.77. The fraction of sp³-hybridized carbons (Fsp3) is 0.333. The molecule has 184 valence electrons. The number of furan rings is 2. The van der Waals surface area contributed by atoms with Gasteiger partial charge < -0.3 is 13.3 Å². The van der Waals surface area contributed by atoms with E-state index in [9.17, 15) is 0 Å². The van der Waals surface area contributed by atoms with Crippen molar-refractivity contribution in [1.29, 1.82) is 0 Å². The Bertz CT molecular complexity index is 1100. The summed E-state index contributed by atoms with van der Waals surface area (Å²) in [4.78, 5) is 0. The maximum atomic E-state index is 6.35. The van der Waals surface area contributed by atoms with E-state index in [2.05, 4.69) is 38.1 Å². The molecular formula is C30H34Cl2NO2+. The lowest BCUT2D eigenvalue weighted by atomic mass is 10.1. The second-order valence-electron chi connectivity index (χ2n) is 9.36. The first kappa shape index (κ1) is 25.6. The number of hydrogen-bond acceptors (Lipinski definition) is 2. The lowest BCUT2D eigenvalue weighted by molar-refractivity contribution is -0.955. The van der Waals surface area contributed by atoms with Crippen LogP contribution in [0.5, 0.6) is 0 Å². The van der Waals surface area contributed by atoms with Gasteiger partial charge in [-0.1, -0.05) is 49.9 Å². The molecule has 3 nitrogen and oxygen atoms in total. The largest absolute Gasteiger partial charge is 0.455 e. The molecule has 0 saturated heterocycles. The summed E-state index contributed by atoms with van der Waals surface area (Å²) in [5, 5.41) is 1.46. The first-order valence-electron chi connectivity index (χ1n) is 12.5. The molecule has 35 heavy (non-hydrogen) atoms. The lowest BCUT2D eigenvalue weighted by Crippen LogP contribution is -2.47. The Hall–Kier alpha value is -2.46. The van der Waals surface area contributed by atoms with Gasteiger partial charge in [0, 0.05) is 21.2 Å². The van der Waals surface area contributed by atoms with Crippen molar-refractivity contribution in [3.63, 3.8) is 0 Å². The summed E-state index contributed by atoms with van der Waals surface area (Å²) >= 11 is 12.1. The molecule has 4 rings (SSSR count). The third-order valence-electron chi connectivity index (χ3n) is 6.54. The second kappa shape index (κ2) is 12.0. The highest BCUT2D eigenvalue weighted by Crippen LogP contribution is 2.30. The highest BCUT2D eigenvalue weighted by molar-refractivity contribution is 6.30. The third-order valence-corrected chi connectivity index (χ3v) is 7.04. The minimum absolute atomic E-state index is 0.728. The van der Waals surface area contributed by atoms with Crippen LogP contribution in [0.25, 0.3) is 22.6 Å². The molecule has 5 heteroatoms. The first-order valence-corrected chi connectivity index (χ1v) is 13.3. The molecule has 0 amide bonds. The van der Waals surface area contributed by atoms with Crippen LogP contribution in [0.3, 0.4) is 0 Å². The molecule has 4 aromatic rings. The predicted molar refractivity (Wildman–Crippen MR) is 146 cm³/mol. The number of halogens is 2. The molecule has 0 N–H and O–H groups in total. The fourth-order valence-electron chi connectivity index (χ4n) is 4.60. The number of nitrogens with zero attached hydrogens (tertiary/aromatic N) is 1. The van der Waals surface area contributed by atoms with Crippen molar-refractivity contribution in [2.75, 3.05) is 13.1 Å². The summed E-state index contributed by atoms with van der Waals surface area (Å²) in [6, 6.07) is 24.0. The lowest BCUT2D eigenvalue weighted by Gasteiger charge is -2.37. The van der Waals surface area contributed by atoms with Gasteiger partial charge in [-0.05, 0) is 85.6 Å². The maximum Gasteiger partial charge on any atom is 0.159 e. The zero-order valence-electron chi connectivity index (χ0n) is 20.6. The summed E-state index contributed by atoms with van der Waals surface area (Å²) in [6.45, 7) is 8.36. The van der Waals surface area contributed by atoms with Crippen molar-refractivity contribution < 1.29 is 13.3 Å². The Morgan fingerprint density at radius 1 is 0.571 bits per heavy atom. The van der Waals surface area contributed by atoms with Gasteiger partial charge in [-0.25, -0.2) is 0 Å². The average molecular weight is 512 g/mol. The summed E-state index contributed by atoms with van der Waals surface area (Å²) in [7, 11) is 0. The van der Waals surface area contributed by atoms with Gasteiger partial charge in [-0.2, -0.15) is 0 Å². The van der Waals surface area contributed by atoms with E-state index >= 15 is 0 Å². The van der Waals surface area contributed by atoms with Crippen molar-refractivity contribution in [2.24, 2.45) is 0 Å². The molecule has 0 spiro atoms. The van der Waals surface area contributed by atoms with Gasteiger partial charge in [-0.3, -0.25) is 0 Å². The molecule has 0 bridgehead atoms. The van der Waals surface area contributed by atoms with Gasteiger partial charge in [0.2, 0.25) is 0 Å². The number of unbranched alkanes of at least 4 members (excludes halogenated alkanes) is 2. The molecular weight excluding hydrogens is 477 g/mol. The molecule has 0 radical (unpaired) electrons. The molecule has 0 unspecified atom stereocenters. The Balaban J connectivity index is 1.59. The third kappa shape index (κ3) is 6.82. The molecule has 0 saturated carbocycles. The monoisotopic (exact) mass is 510 g/mol. The minimum atomic E-state index is 0.728. The zero-order chi connectivity index (χ0) is 24.7. The molecule has 2 heterocycles. The van der Waals surface area contributed by atoms with Crippen LogP contribution >= 0.6 is 23.2 Å². The fourth-order valence-corrected chi connectivity index (χ4v) is 4.85. The van der Waals surface area contributed by atoms with Crippen LogP contribution in [0.2, 0.25) is 10.0 Å². The first-order chi connectivity index (χ1) is 17.0. The standard InChI is InChI=1S/C30H34Cl2NO2/c1-3-5-19-33(20-6-4-2,21-27-15-17-29(34-27)23-7-11-25(31)12-8-23)22-28-16-18-30(35-28)24-9-13-26(32)14-10-24/h7-18H,3-6,19-22H2,1-2H3/q+1. The summed E-state index contributed by atoms with van der Waals surface area (Å²) in [5.41, 5.74) is 2.08. The number of benzene rings is 2. The summed E-state index contributed by atoms with van der Waals surface area (Å²) < 4.78 is 13.6. The van der Waals surface area contributed by atoms with E-state index in [4.69, 9.17) is 32.0 Å². The van der Waals surface area contributed by atoms with Crippen molar-refractivity contribution in [3.05, 3.63) is 94.4 Å². The Morgan fingerprint density at radius 2 is 0.971 bits per heavy atom. The van der Waals surface area contributed by atoms with Gasteiger partial charge in [-0.15, -0.1) is 0 Å². The summed E-state index contributed by atoms with van der Waals surface area (Å²) in [6.07, 6.45) is 4.65.